The molecule has 0 amide bonds. The van der Waals surface area contributed by atoms with E-state index in [0.29, 0.717) is 17.7 Å². The minimum Gasteiger partial charge on any atom is -0.492 e. The van der Waals surface area contributed by atoms with E-state index >= 15 is 0 Å². The number of likely N-dealkylation sites (N-methyl/N-ethyl adjacent to an activating group) is 1. The molecule has 0 bridgehead atoms. The van der Waals surface area contributed by atoms with Crippen LogP contribution in [0.2, 0.25) is 0 Å². The van der Waals surface area contributed by atoms with Crippen molar-refractivity contribution in [2.45, 2.75) is 12.8 Å². The molecule has 0 saturated heterocycles. The zero-order valence-electron chi connectivity index (χ0n) is 25.8. The van der Waals surface area contributed by atoms with E-state index in [4.69, 9.17) is 4.74 Å². The number of halogens is 1. The van der Waals surface area contributed by atoms with Crippen LogP contribution >= 0.6 is 0 Å². The van der Waals surface area contributed by atoms with E-state index < -0.39 is 0 Å². The van der Waals surface area contributed by atoms with Crippen molar-refractivity contribution in [3.05, 3.63) is 151 Å². The maximum absolute atomic E-state index is 14.2. The second-order valence-electron chi connectivity index (χ2n) is 11.8. The minimum atomic E-state index is -0.284. The summed E-state index contributed by atoms with van der Waals surface area (Å²) >= 11 is 0. The first kappa shape index (κ1) is 29.5. The molecule has 0 N–H and O–H groups in total. The third-order valence-corrected chi connectivity index (χ3v) is 8.79. The smallest absolute Gasteiger partial charge is 0.262 e. The number of carbonyl (C=O) groups excluding carboxylic acids is 1. The summed E-state index contributed by atoms with van der Waals surface area (Å²) in [5, 5.41) is 6.21. The predicted octanol–water partition coefficient (Wildman–Crippen LogP) is 9.39. The minimum absolute atomic E-state index is 0.137. The van der Waals surface area contributed by atoms with E-state index in [0.717, 1.165) is 48.1 Å². The summed E-state index contributed by atoms with van der Waals surface area (Å²) in [7, 11) is 2.14. The van der Waals surface area contributed by atoms with Gasteiger partial charge in [-0.15, -0.1) is 0 Å². The normalized spacial score (nSPS) is 11.5. The third-order valence-electron chi connectivity index (χ3n) is 8.79. The molecule has 0 radical (unpaired) electrons. The molecule has 228 valence electrons. The Morgan fingerprint density at radius 1 is 0.739 bits per heavy atom. The molecule has 0 aliphatic heterocycles. The molecule has 46 heavy (non-hydrogen) atoms. The van der Waals surface area contributed by atoms with E-state index in [2.05, 4.69) is 66.5 Å². The summed E-state index contributed by atoms with van der Waals surface area (Å²) in [6.07, 6.45) is 3.87. The highest BCUT2D eigenvalue weighted by atomic mass is 19.1. The van der Waals surface area contributed by atoms with Crippen molar-refractivity contribution in [3.8, 4) is 16.9 Å². The number of ether oxygens (including phenoxy) is 1. The van der Waals surface area contributed by atoms with Crippen LogP contribution in [0.4, 0.5) is 4.39 Å². The van der Waals surface area contributed by atoms with Crippen LogP contribution in [-0.2, 0) is 6.42 Å². The Kier molecular flexibility index (Phi) is 8.32. The van der Waals surface area contributed by atoms with Crippen molar-refractivity contribution >= 4 is 38.4 Å². The molecule has 6 aromatic carbocycles. The van der Waals surface area contributed by atoms with Gasteiger partial charge in [0, 0.05) is 29.3 Å². The Hall–Kier alpha value is -5.26. The van der Waals surface area contributed by atoms with Crippen LogP contribution in [-0.4, -0.2) is 42.1 Å². The standard InChI is InChI=1S/C41H35FN2O2/c1-43(23-8-14-38-35-11-4-2-9-31(35)27-32-10-3-5-12-36(32)38)25-26-46-34-20-21-40-33(28-34)22-24-44(40)41(45)30-18-16-29(17-19-30)37-13-6-7-15-39(37)42/h2-7,9-13,15-22,24,27-28H,8,14,23,25-26H2,1H3. The van der Waals surface area contributed by atoms with E-state index in [-0.39, 0.29) is 11.7 Å². The molecule has 0 spiro atoms. The van der Waals surface area contributed by atoms with Gasteiger partial charge < -0.3 is 9.64 Å². The van der Waals surface area contributed by atoms with Gasteiger partial charge in [-0.1, -0.05) is 78.9 Å². The van der Waals surface area contributed by atoms with Gasteiger partial charge in [0.1, 0.15) is 18.2 Å². The van der Waals surface area contributed by atoms with Crippen LogP contribution in [0.5, 0.6) is 5.75 Å². The number of hydrogen-bond donors (Lipinski definition) is 0. The van der Waals surface area contributed by atoms with Crippen LogP contribution in [0.15, 0.2) is 134 Å². The van der Waals surface area contributed by atoms with Gasteiger partial charge >= 0.3 is 0 Å². The van der Waals surface area contributed by atoms with E-state index in [1.807, 2.05) is 24.3 Å². The van der Waals surface area contributed by atoms with Crippen LogP contribution in [0, 0.1) is 5.82 Å². The Labute approximate surface area is 268 Å². The number of benzene rings is 6. The SMILES string of the molecule is CN(CCCc1c2ccccc2cc2ccccc12)CCOc1ccc2c(ccn2C(=O)c2ccc(-c3ccccc3F)cc2)c1. The second-order valence-corrected chi connectivity index (χ2v) is 11.8. The first-order chi connectivity index (χ1) is 22.5. The summed E-state index contributed by atoms with van der Waals surface area (Å²) in [6, 6.07) is 41.1. The van der Waals surface area contributed by atoms with Gasteiger partial charge in [-0.05, 0) is 108 Å². The van der Waals surface area contributed by atoms with Gasteiger partial charge in [0.05, 0.1) is 5.52 Å². The molecule has 0 atom stereocenters. The number of aryl methyl sites for hydroxylation is 1. The molecule has 0 fully saturated rings. The fourth-order valence-electron chi connectivity index (χ4n) is 6.35. The molecule has 0 aliphatic carbocycles. The average Bonchev–Trinajstić information content (AvgIpc) is 3.51. The molecule has 0 saturated carbocycles. The fourth-order valence-corrected chi connectivity index (χ4v) is 6.35. The highest BCUT2D eigenvalue weighted by molar-refractivity contribution is 6.03. The number of rotatable bonds is 10. The van der Waals surface area contributed by atoms with Gasteiger partial charge in [-0.25, -0.2) is 4.39 Å². The van der Waals surface area contributed by atoms with E-state index in [9.17, 15) is 9.18 Å². The number of carbonyl (C=O) groups is 1. The Morgan fingerprint density at radius 2 is 1.43 bits per heavy atom. The van der Waals surface area contributed by atoms with Gasteiger partial charge in [0.25, 0.3) is 5.91 Å². The second kappa shape index (κ2) is 13.0. The average molecular weight is 607 g/mol. The molecule has 7 rings (SSSR count). The molecule has 1 heterocycles. The molecule has 1 aromatic heterocycles. The van der Waals surface area contributed by atoms with E-state index in [1.165, 1.54) is 33.2 Å². The number of aromatic nitrogens is 1. The summed E-state index contributed by atoms with van der Waals surface area (Å²) in [5.74, 6) is 0.359. The monoisotopic (exact) mass is 606 g/mol. The molecular formula is C41H35FN2O2. The van der Waals surface area contributed by atoms with Crippen molar-refractivity contribution in [2.75, 3.05) is 26.7 Å². The van der Waals surface area contributed by atoms with Crippen molar-refractivity contribution in [2.24, 2.45) is 0 Å². The van der Waals surface area contributed by atoms with Crippen molar-refractivity contribution in [1.29, 1.82) is 0 Å². The Balaban J connectivity index is 0.944. The maximum Gasteiger partial charge on any atom is 0.262 e. The maximum atomic E-state index is 14.2. The lowest BCUT2D eigenvalue weighted by Gasteiger charge is -2.18. The zero-order chi connectivity index (χ0) is 31.5. The largest absolute Gasteiger partial charge is 0.492 e. The molecule has 7 aromatic rings. The molecule has 4 nitrogen and oxygen atoms in total. The van der Waals surface area contributed by atoms with Crippen molar-refractivity contribution in [1.82, 2.24) is 9.47 Å². The molecule has 5 heteroatoms. The van der Waals surface area contributed by atoms with E-state index in [1.54, 1.807) is 53.2 Å². The highest BCUT2D eigenvalue weighted by Gasteiger charge is 2.14. The summed E-state index contributed by atoms with van der Waals surface area (Å²) in [5.41, 5.74) is 4.03. The lowest BCUT2D eigenvalue weighted by molar-refractivity contribution is 0.0965. The predicted molar refractivity (Wildman–Crippen MR) is 186 cm³/mol. The molecular weight excluding hydrogens is 571 g/mol. The quantitative estimate of drug-likeness (QED) is 0.146. The lowest BCUT2D eigenvalue weighted by atomic mass is 9.94. The van der Waals surface area contributed by atoms with Gasteiger partial charge in [-0.3, -0.25) is 9.36 Å². The van der Waals surface area contributed by atoms with Gasteiger partial charge in [0.15, 0.2) is 0 Å². The van der Waals surface area contributed by atoms with Crippen molar-refractivity contribution in [3.63, 3.8) is 0 Å². The number of nitrogens with zero attached hydrogens (tertiary/aromatic N) is 2. The van der Waals surface area contributed by atoms with Crippen LogP contribution < -0.4 is 4.74 Å². The first-order valence-corrected chi connectivity index (χ1v) is 15.8. The van der Waals surface area contributed by atoms with Gasteiger partial charge in [-0.2, -0.15) is 0 Å². The topological polar surface area (TPSA) is 34.5 Å². The molecule has 0 unspecified atom stereocenters. The first-order valence-electron chi connectivity index (χ1n) is 15.8. The van der Waals surface area contributed by atoms with Gasteiger partial charge in [0.2, 0.25) is 0 Å². The Morgan fingerprint density at radius 3 is 2.17 bits per heavy atom. The van der Waals surface area contributed by atoms with Crippen LogP contribution in [0.25, 0.3) is 43.6 Å². The third kappa shape index (κ3) is 6.02. The van der Waals surface area contributed by atoms with Crippen LogP contribution in [0.3, 0.4) is 0 Å². The fraction of sp³-hybridized carbons (Fsp3) is 0.146. The number of fused-ring (bicyclic) bond motifs is 3. The van der Waals surface area contributed by atoms with Crippen molar-refractivity contribution < 1.29 is 13.9 Å². The molecule has 0 aliphatic rings. The summed E-state index contributed by atoms with van der Waals surface area (Å²) in [6.45, 7) is 2.37. The summed E-state index contributed by atoms with van der Waals surface area (Å²) < 4.78 is 22.0. The highest BCUT2D eigenvalue weighted by Crippen LogP contribution is 2.30. The lowest BCUT2D eigenvalue weighted by Crippen LogP contribution is -2.25. The number of hydrogen-bond acceptors (Lipinski definition) is 3. The van der Waals surface area contributed by atoms with Crippen LogP contribution in [0.1, 0.15) is 22.3 Å². The summed E-state index contributed by atoms with van der Waals surface area (Å²) in [4.78, 5) is 15.6. The Bertz CT molecular complexity index is 2110. The zero-order valence-corrected chi connectivity index (χ0v) is 25.8.